The molecule has 0 saturated carbocycles. The number of rotatable bonds is 5. The largest absolute Gasteiger partial charge is 0.297 e. The van der Waals surface area contributed by atoms with Gasteiger partial charge in [0.15, 0.2) is 5.71 Å². The van der Waals surface area contributed by atoms with Crippen molar-refractivity contribution in [1.82, 2.24) is 9.80 Å². The number of aliphatic imine (C=N–C) groups is 1. The molecule has 0 aromatic heterocycles. The minimum absolute atomic E-state index is 0.638. The topological polar surface area (TPSA) is 38.6 Å². The van der Waals surface area contributed by atoms with Crippen molar-refractivity contribution in [2.24, 2.45) is 4.99 Å². The Morgan fingerprint density at radius 1 is 1.54 bits per heavy atom. The van der Waals surface area contributed by atoms with E-state index in [1.54, 1.807) is 0 Å². The fraction of sp³-hybridized carbons (Fsp3) is 0.778. The van der Waals surface area contributed by atoms with Crippen LogP contribution < -0.4 is 4.90 Å². The molecule has 1 aliphatic heterocycles. The van der Waals surface area contributed by atoms with Crippen molar-refractivity contribution < 1.29 is 4.79 Å². The second-order valence-electron chi connectivity index (χ2n) is 3.67. The predicted octanol–water partition coefficient (Wildman–Crippen LogP) is -0.311. The zero-order valence-electron chi connectivity index (χ0n) is 8.36. The van der Waals surface area contributed by atoms with Crippen LogP contribution >= 0.6 is 0 Å². The van der Waals surface area contributed by atoms with Gasteiger partial charge in [0, 0.05) is 6.54 Å². The zero-order chi connectivity index (χ0) is 9.68. The first-order chi connectivity index (χ1) is 6.22. The van der Waals surface area contributed by atoms with Crippen LogP contribution in [0.2, 0.25) is 0 Å². The molecule has 1 amide bonds. The molecule has 0 aromatic rings. The van der Waals surface area contributed by atoms with Gasteiger partial charge in [0.05, 0.1) is 0 Å². The van der Waals surface area contributed by atoms with E-state index in [0.717, 1.165) is 31.9 Å². The van der Waals surface area contributed by atoms with E-state index in [2.05, 4.69) is 9.89 Å². The lowest BCUT2D eigenvalue weighted by Gasteiger charge is -2.29. The van der Waals surface area contributed by atoms with E-state index in [4.69, 9.17) is 0 Å². The van der Waals surface area contributed by atoms with Gasteiger partial charge in [-0.05, 0) is 19.5 Å². The Hall–Kier alpha value is -0.900. The van der Waals surface area contributed by atoms with Gasteiger partial charge in [-0.1, -0.05) is 0 Å². The lowest BCUT2D eigenvalue weighted by atomic mass is 10.2. The molecule has 1 heterocycles. The van der Waals surface area contributed by atoms with Crippen molar-refractivity contribution >= 4 is 12.1 Å². The van der Waals surface area contributed by atoms with Crippen LogP contribution in [0.3, 0.4) is 0 Å². The number of carbonyl (C=O) groups excluding carboxylic acids is 1. The summed E-state index contributed by atoms with van der Waals surface area (Å²) in [5.74, 6) is 0. The summed E-state index contributed by atoms with van der Waals surface area (Å²) in [6.07, 6.45) is 1.91. The van der Waals surface area contributed by atoms with Gasteiger partial charge in [-0.15, -0.1) is 0 Å². The quantitative estimate of drug-likeness (QED) is 0.433. The third-order valence-electron chi connectivity index (χ3n) is 2.09. The molecule has 13 heavy (non-hydrogen) atoms. The summed E-state index contributed by atoms with van der Waals surface area (Å²) in [4.78, 5) is 18.4. The lowest BCUT2D eigenvalue weighted by molar-refractivity contribution is -0.106. The molecule has 72 valence electrons. The Morgan fingerprint density at radius 2 is 2.23 bits per heavy atom. The Kier molecular flexibility index (Phi) is 3.89. The van der Waals surface area contributed by atoms with Crippen LogP contribution in [0, 0.1) is 0 Å². The summed E-state index contributed by atoms with van der Waals surface area (Å²) in [6, 6.07) is 0. The summed E-state index contributed by atoms with van der Waals surface area (Å²) < 4.78 is 0. The molecule has 0 bridgehead atoms. The smallest absolute Gasteiger partial charge is 0.286 e. The van der Waals surface area contributed by atoms with E-state index in [1.165, 1.54) is 6.42 Å². The van der Waals surface area contributed by atoms with Crippen LogP contribution in [-0.4, -0.2) is 57.3 Å². The first kappa shape index (κ1) is 10.2. The van der Waals surface area contributed by atoms with Gasteiger partial charge in [0.2, 0.25) is 20.5 Å². The molecule has 0 spiro atoms. The van der Waals surface area contributed by atoms with Gasteiger partial charge < -0.3 is 0 Å². The van der Waals surface area contributed by atoms with Crippen LogP contribution in [0.1, 0.15) is 6.42 Å². The minimum Gasteiger partial charge on any atom is -0.297 e. The highest BCUT2D eigenvalue weighted by molar-refractivity contribution is 5.93. The molecule has 0 unspecified atom stereocenters. The first-order valence-electron chi connectivity index (χ1n) is 4.58. The molecule has 0 aromatic carbocycles. The van der Waals surface area contributed by atoms with Gasteiger partial charge in [-0.3, -0.25) is 9.69 Å². The average molecular weight is 183 g/mol. The number of hydrogen-bond donors (Lipinski definition) is 0. The number of hydrogen-bond acceptors (Lipinski definition) is 3. The van der Waals surface area contributed by atoms with Crippen LogP contribution in [-0.2, 0) is 4.79 Å². The van der Waals surface area contributed by atoms with Crippen LogP contribution in [0.5, 0.6) is 0 Å². The van der Waals surface area contributed by atoms with Crippen LogP contribution in [0.25, 0.3) is 0 Å². The Labute approximate surface area is 79.2 Å². The molecule has 0 radical (unpaired) electrons. The standard InChI is InChI=1S/C9H17N3O/c1-11(2)6-9(10-8-13)7-12-4-3-5-12/h8H,3-7H2,1-2H3/q+2. The lowest BCUT2D eigenvalue weighted by Crippen LogP contribution is -2.43. The van der Waals surface area contributed by atoms with Crippen molar-refractivity contribution in [1.29, 1.82) is 0 Å². The highest BCUT2D eigenvalue weighted by Crippen LogP contribution is 2.04. The molecule has 1 rings (SSSR count). The number of nitrogens with zero attached hydrogens (tertiary/aromatic N) is 3. The summed E-state index contributed by atoms with van der Waals surface area (Å²) in [5, 5.41) is 0. The highest BCUT2D eigenvalue weighted by atomic mass is 16.1. The van der Waals surface area contributed by atoms with Gasteiger partial charge >= 0.3 is 0 Å². The van der Waals surface area contributed by atoms with Gasteiger partial charge in [-0.25, -0.2) is 4.99 Å². The van der Waals surface area contributed by atoms with E-state index in [-0.39, 0.29) is 0 Å². The van der Waals surface area contributed by atoms with Gasteiger partial charge in [0.25, 0.3) is 6.54 Å². The van der Waals surface area contributed by atoms with E-state index in [0.29, 0.717) is 6.41 Å². The van der Waals surface area contributed by atoms with E-state index >= 15 is 0 Å². The molecule has 1 aliphatic rings. The predicted molar refractivity (Wildman–Crippen MR) is 53.4 cm³/mol. The summed E-state index contributed by atoms with van der Waals surface area (Å²) in [5.41, 5.74) is 0.958. The second-order valence-corrected chi connectivity index (χ2v) is 3.67. The summed E-state index contributed by atoms with van der Waals surface area (Å²) in [7, 11) is 3.97. The zero-order valence-corrected chi connectivity index (χ0v) is 8.36. The van der Waals surface area contributed by atoms with E-state index < -0.39 is 0 Å². The maximum Gasteiger partial charge on any atom is 0.286 e. The van der Waals surface area contributed by atoms with E-state index in [9.17, 15) is 4.79 Å². The Morgan fingerprint density at radius 3 is 2.62 bits per heavy atom. The Bertz CT molecular complexity index is 197. The van der Waals surface area contributed by atoms with Crippen molar-refractivity contribution in [3.8, 4) is 0 Å². The maximum absolute atomic E-state index is 10.3. The third kappa shape index (κ3) is 3.55. The van der Waals surface area contributed by atoms with Gasteiger partial charge in [-0.2, -0.15) is 4.90 Å². The average Bonchev–Trinajstić information content (AvgIpc) is 1.96. The summed E-state index contributed by atoms with van der Waals surface area (Å²) in [6.45, 7) is 3.91. The maximum atomic E-state index is 10.3. The molecule has 4 heteroatoms. The third-order valence-corrected chi connectivity index (χ3v) is 2.09. The van der Waals surface area contributed by atoms with E-state index in [1.807, 2.05) is 19.0 Å². The van der Waals surface area contributed by atoms with Crippen molar-refractivity contribution in [2.75, 3.05) is 40.3 Å². The van der Waals surface area contributed by atoms with Crippen LogP contribution in [0.4, 0.5) is 0 Å². The number of carbonyl (C=O) groups is 1. The molecule has 0 N–H and O–H groups in total. The first-order valence-corrected chi connectivity index (χ1v) is 4.58. The molecule has 0 atom stereocenters. The normalized spacial score (nSPS) is 18.2. The number of likely N-dealkylation sites (tertiary alicyclic amines) is 1. The Balaban J connectivity index is 2.36. The molecular formula is C9H17N3O+2. The van der Waals surface area contributed by atoms with Crippen LogP contribution in [0.15, 0.2) is 4.99 Å². The fourth-order valence-electron chi connectivity index (χ4n) is 1.37. The highest BCUT2D eigenvalue weighted by Gasteiger charge is 2.20. The van der Waals surface area contributed by atoms with Crippen molar-refractivity contribution in [3.63, 3.8) is 0 Å². The fourth-order valence-corrected chi connectivity index (χ4v) is 1.37. The minimum atomic E-state index is 0.638. The monoisotopic (exact) mass is 183 g/mol. The molecular weight excluding hydrogens is 166 g/mol. The molecule has 1 saturated heterocycles. The molecule has 1 fully saturated rings. The van der Waals surface area contributed by atoms with Crippen molar-refractivity contribution in [2.45, 2.75) is 6.42 Å². The second kappa shape index (κ2) is 4.97. The van der Waals surface area contributed by atoms with Crippen molar-refractivity contribution in [3.05, 3.63) is 0 Å². The van der Waals surface area contributed by atoms with Gasteiger partial charge in [0.1, 0.15) is 0 Å². The SMILES string of the molecule is C[N+2](C)CC(CN1CCC1)=NC=O. The molecule has 4 nitrogen and oxygen atoms in total. The summed E-state index contributed by atoms with van der Waals surface area (Å²) >= 11 is 0. The number of amides is 1. The molecule has 0 aliphatic carbocycles.